The van der Waals surface area contributed by atoms with Crippen molar-refractivity contribution in [2.45, 2.75) is 64.5 Å². The Kier molecular flexibility index (Phi) is 7.33. The van der Waals surface area contributed by atoms with Crippen molar-refractivity contribution in [1.82, 2.24) is 24.9 Å². The average Bonchev–Trinajstić information content (AvgIpc) is 3.12. The summed E-state index contributed by atoms with van der Waals surface area (Å²) >= 11 is 0. The lowest BCUT2D eigenvalue weighted by Gasteiger charge is -2.44. The van der Waals surface area contributed by atoms with Gasteiger partial charge in [-0.2, -0.15) is 5.10 Å². The fourth-order valence-electron chi connectivity index (χ4n) is 5.37. The number of rotatable bonds is 7. The largest absolute Gasteiger partial charge is 0.323 e. The fraction of sp³-hybridized carbons (Fsp3) is 0.600. The number of hydrogen-bond acceptors (Lipinski definition) is 6. The van der Waals surface area contributed by atoms with E-state index in [4.69, 9.17) is 0 Å². The molecule has 1 aromatic carbocycles. The first-order valence-corrected chi connectivity index (χ1v) is 12.4. The number of aryl methyl sites for hydroxylation is 1. The van der Waals surface area contributed by atoms with Crippen molar-refractivity contribution in [3.63, 3.8) is 0 Å². The van der Waals surface area contributed by atoms with Gasteiger partial charge >= 0.3 is 0 Å². The van der Waals surface area contributed by atoms with Crippen LogP contribution in [0, 0.1) is 0 Å². The molecule has 2 N–H and O–H groups in total. The summed E-state index contributed by atoms with van der Waals surface area (Å²) in [7, 11) is 1.81. The zero-order chi connectivity index (χ0) is 24.4. The van der Waals surface area contributed by atoms with Gasteiger partial charge in [0.25, 0.3) is 0 Å². The first kappa shape index (κ1) is 24.3. The van der Waals surface area contributed by atoms with Gasteiger partial charge in [-0.25, -0.2) is 0 Å². The number of imide groups is 1. The van der Waals surface area contributed by atoms with Crippen LogP contribution in [0.25, 0.3) is 10.9 Å². The Morgan fingerprint density at radius 2 is 1.94 bits per heavy atom. The molecule has 9 heteroatoms. The van der Waals surface area contributed by atoms with Crippen molar-refractivity contribution >= 4 is 34.3 Å². The molecule has 0 aliphatic carbocycles. The van der Waals surface area contributed by atoms with Crippen LogP contribution in [0.3, 0.4) is 0 Å². The second-order valence-corrected chi connectivity index (χ2v) is 9.75. The first-order valence-electron chi connectivity index (χ1n) is 12.4. The number of piperidine rings is 1. The zero-order valence-corrected chi connectivity index (χ0v) is 20.6. The molecule has 3 amide bonds. The summed E-state index contributed by atoms with van der Waals surface area (Å²) in [5.74, 6) is -1.09. The van der Waals surface area contributed by atoms with Crippen LogP contribution in [0.4, 0.5) is 5.69 Å². The molecular weight excluding hydrogens is 432 g/mol. The smallest absolute Gasteiger partial charge is 0.238 e. The van der Waals surface area contributed by atoms with Crippen LogP contribution in [0.2, 0.25) is 0 Å². The number of fused-ring (bicyclic) bond motifs is 1. The number of benzene rings is 1. The van der Waals surface area contributed by atoms with Crippen LogP contribution in [0.1, 0.15) is 58.1 Å². The lowest BCUT2D eigenvalue weighted by Crippen LogP contribution is -2.58. The maximum Gasteiger partial charge on any atom is 0.238 e. The quantitative estimate of drug-likeness (QED) is 0.605. The minimum absolute atomic E-state index is 0.0584. The van der Waals surface area contributed by atoms with Gasteiger partial charge in [-0.1, -0.05) is 25.5 Å². The molecule has 0 spiro atoms. The summed E-state index contributed by atoms with van der Waals surface area (Å²) in [4.78, 5) is 41.8. The molecule has 3 unspecified atom stereocenters. The van der Waals surface area contributed by atoms with Gasteiger partial charge in [0.05, 0.1) is 29.4 Å². The Balaban J connectivity index is 1.48. The van der Waals surface area contributed by atoms with Crippen LogP contribution in [0.5, 0.6) is 0 Å². The third kappa shape index (κ3) is 5.00. The van der Waals surface area contributed by atoms with E-state index < -0.39 is 5.92 Å². The molecule has 3 heterocycles. The molecule has 34 heavy (non-hydrogen) atoms. The molecule has 2 aromatic rings. The second-order valence-electron chi connectivity index (χ2n) is 9.75. The number of nitrogens with one attached hydrogen (secondary N) is 2. The third-order valence-corrected chi connectivity index (χ3v) is 7.07. The molecule has 9 nitrogen and oxygen atoms in total. The van der Waals surface area contributed by atoms with Crippen LogP contribution < -0.4 is 10.6 Å². The second kappa shape index (κ2) is 10.2. The predicted molar refractivity (Wildman–Crippen MR) is 131 cm³/mol. The Hall–Kier alpha value is -2.78. The zero-order valence-electron chi connectivity index (χ0n) is 20.6. The lowest BCUT2D eigenvalue weighted by molar-refractivity contribution is -0.134. The highest BCUT2D eigenvalue weighted by molar-refractivity contribution is 6.05. The Morgan fingerprint density at radius 1 is 1.21 bits per heavy atom. The van der Waals surface area contributed by atoms with Crippen molar-refractivity contribution in [3.05, 3.63) is 23.9 Å². The predicted octanol–water partition coefficient (Wildman–Crippen LogP) is 2.23. The van der Waals surface area contributed by atoms with E-state index >= 15 is 0 Å². The van der Waals surface area contributed by atoms with Gasteiger partial charge in [-0.05, 0) is 39.3 Å². The van der Waals surface area contributed by atoms with Crippen LogP contribution in [-0.4, -0.2) is 75.6 Å². The van der Waals surface area contributed by atoms with Gasteiger partial charge in [0.1, 0.15) is 0 Å². The summed E-state index contributed by atoms with van der Waals surface area (Å²) in [6.45, 7) is 9.99. The van der Waals surface area contributed by atoms with Crippen LogP contribution >= 0.6 is 0 Å². The van der Waals surface area contributed by atoms with Gasteiger partial charge in [-0.15, -0.1) is 0 Å². The number of nitrogens with zero attached hydrogens (tertiary/aromatic N) is 4. The molecule has 2 saturated heterocycles. The van der Waals surface area contributed by atoms with Gasteiger partial charge in [0, 0.05) is 44.0 Å². The summed E-state index contributed by atoms with van der Waals surface area (Å²) in [5.41, 5.74) is 2.10. The molecule has 2 fully saturated rings. The maximum atomic E-state index is 13.1. The molecule has 0 radical (unpaired) electrons. The number of amides is 3. The van der Waals surface area contributed by atoms with Crippen molar-refractivity contribution in [2.75, 3.05) is 31.5 Å². The van der Waals surface area contributed by atoms with Crippen molar-refractivity contribution in [2.24, 2.45) is 7.05 Å². The monoisotopic (exact) mass is 468 g/mol. The number of para-hydroxylation sites is 1. The number of carbonyl (C=O) groups is 3. The van der Waals surface area contributed by atoms with E-state index in [0.717, 1.165) is 30.5 Å². The van der Waals surface area contributed by atoms with E-state index in [1.165, 1.54) is 12.8 Å². The number of anilines is 1. The molecule has 1 aromatic heterocycles. The molecule has 0 bridgehead atoms. The topological polar surface area (TPSA) is 99.6 Å². The van der Waals surface area contributed by atoms with E-state index in [1.54, 1.807) is 4.68 Å². The number of carbonyl (C=O) groups excluding carboxylic acids is 3. The van der Waals surface area contributed by atoms with Crippen molar-refractivity contribution in [1.29, 1.82) is 0 Å². The van der Waals surface area contributed by atoms with Gasteiger partial charge in [0.2, 0.25) is 17.7 Å². The lowest BCUT2D eigenvalue weighted by atomic mass is 9.92. The Bertz CT molecular complexity index is 1070. The fourth-order valence-corrected chi connectivity index (χ4v) is 5.37. The molecule has 3 atom stereocenters. The van der Waals surface area contributed by atoms with E-state index in [1.807, 2.05) is 25.2 Å². The van der Waals surface area contributed by atoms with E-state index in [-0.39, 0.29) is 17.7 Å². The molecular formula is C25H36N6O3. The van der Waals surface area contributed by atoms with Gasteiger partial charge in [0.15, 0.2) is 0 Å². The van der Waals surface area contributed by atoms with Crippen LogP contribution in [-0.2, 0) is 21.4 Å². The third-order valence-electron chi connectivity index (χ3n) is 7.07. The molecule has 2 aliphatic rings. The summed E-state index contributed by atoms with van der Waals surface area (Å²) < 4.78 is 1.71. The van der Waals surface area contributed by atoms with Gasteiger partial charge < -0.3 is 10.2 Å². The normalized spacial score (nSPS) is 24.4. The number of unbranched alkanes of at least 4 members (excludes halogenated alkanes) is 1. The number of aromatic nitrogens is 2. The molecule has 0 saturated carbocycles. The van der Waals surface area contributed by atoms with E-state index in [0.29, 0.717) is 42.9 Å². The molecule has 2 aliphatic heterocycles. The van der Waals surface area contributed by atoms with Crippen molar-refractivity contribution < 1.29 is 14.4 Å². The first-order chi connectivity index (χ1) is 16.3. The summed E-state index contributed by atoms with van der Waals surface area (Å²) in [6, 6.07) is 6.26. The maximum absolute atomic E-state index is 13.1. The minimum Gasteiger partial charge on any atom is -0.323 e. The Labute approximate surface area is 200 Å². The standard InChI is InChI=1S/C25H36N6O3/c1-5-6-12-30-13-16(2)31(17(3)14-30)15-22(33)26-20-9-7-8-18-23(28-29(4)24(18)20)19-10-11-21(32)27-25(19)34/h7-9,16-17,19H,5-6,10-15H2,1-4H3,(H,26,33)(H,27,32,34). The molecule has 184 valence electrons. The molecule has 4 rings (SSSR count). The highest BCUT2D eigenvalue weighted by Crippen LogP contribution is 2.33. The van der Waals surface area contributed by atoms with Crippen molar-refractivity contribution in [3.8, 4) is 0 Å². The van der Waals surface area contributed by atoms with E-state index in [2.05, 4.69) is 46.3 Å². The van der Waals surface area contributed by atoms with E-state index in [9.17, 15) is 14.4 Å². The highest BCUT2D eigenvalue weighted by Gasteiger charge is 2.33. The van der Waals surface area contributed by atoms with Gasteiger partial charge in [-0.3, -0.25) is 29.3 Å². The summed E-state index contributed by atoms with van der Waals surface area (Å²) in [6.07, 6.45) is 3.13. The minimum atomic E-state index is -0.474. The SMILES string of the molecule is CCCCN1CC(C)N(CC(=O)Nc2cccc3c(C4CCC(=O)NC4=O)nn(C)c23)C(C)C1. The number of hydrogen-bond donors (Lipinski definition) is 2. The average molecular weight is 469 g/mol. The highest BCUT2D eigenvalue weighted by atomic mass is 16.2. The number of piperazine rings is 1. The Morgan fingerprint density at radius 3 is 2.62 bits per heavy atom. The summed E-state index contributed by atoms with van der Waals surface area (Å²) in [5, 5.41) is 10.9. The van der Waals surface area contributed by atoms with Crippen LogP contribution in [0.15, 0.2) is 18.2 Å².